The lowest BCUT2D eigenvalue weighted by molar-refractivity contribution is -0.205. The lowest BCUT2D eigenvalue weighted by atomic mass is 9.88. The summed E-state index contributed by atoms with van der Waals surface area (Å²) in [4.78, 5) is 2.86. The number of methoxy groups -OCH3 is 3. The molecule has 0 radical (unpaired) electrons. The highest BCUT2D eigenvalue weighted by molar-refractivity contribution is 5.20. The molecule has 0 aromatic rings. The molecule has 0 bridgehead atoms. The maximum atomic E-state index is 8.74. The number of ether oxygens (including phenoxy) is 6. The van der Waals surface area contributed by atoms with Crippen LogP contribution in [-0.4, -0.2) is 66.1 Å². The molecule has 0 aromatic heterocycles. The van der Waals surface area contributed by atoms with Crippen molar-refractivity contribution in [3.05, 3.63) is 22.1 Å². The minimum atomic E-state index is -0.559. The van der Waals surface area contributed by atoms with Crippen molar-refractivity contribution in [1.29, 1.82) is 0 Å². The predicted octanol–water partition coefficient (Wildman–Crippen LogP) is 1.59. The van der Waals surface area contributed by atoms with Crippen molar-refractivity contribution in [1.82, 2.24) is 0 Å². The van der Waals surface area contributed by atoms with Gasteiger partial charge in [0.05, 0.1) is 6.04 Å². The van der Waals surface area contributed by atoms with E-state index in [0.29, 0.717) is 0 Å². The van der Waals surface area contributed by atoms with Crippen molar-refractivity contribution in [3.63, 3.8) is 0 Å². The van der Waals surface area contributed by atoms with E-state index in [4.69, 9.17) is 34.0 Å². The molecule has 0 amide bonds. The van der Waals surface area contributed by atoms with Crippen LogP contribution in [0.15, 0.2) is 16.8 Å². The van der Waals surface area contributed by atoms with Crippen molar-refractivity contribution in [2.24, 2.45) is 5.11 Å². The van der Waals surface area contributed by atoms with Gasteiger partial charge in [-0.05, 0) is 18.0 Å². The molecule has 0 N–H and O–H groups in total. The summed E-state index contributed by atoms with van der Waals surface area (Å²) in [6, 6.07) is -0.524. The average Bonchev–Trinajstić information content (AvgIpc) is 2.51. The Bertz CT molecular complexity index is 399. The highest BCUT2D eigenvalue weighted by Gasteiger charge is 2.41. The first-order chi connectivity index (χ1) is 10.7. The monoisotopic (exact) mass is 317 g/mol. The molecular formula is C13H23N3O6. The minimum absolute atomic E-state index is 0.0405. The van der Waals surface area contributed by atoms with Gasteiger partial charge in [0.15, 0.2) is 0 Å². The van der Waals surface area contributed by atoms with Crippen molar-refractivity contribution in [2.45, 2.75) is 31.3 Å². The number of azide groups is 1. The molecule has 0 unspecified atom stereocenters. The number of nitrogens with zero attached hydrogens (tertiary/aromatic N) is 3. The van der Waals surface area contributed by atoms with Gasteiger partial charge in [0.1, 0.15) is 38.7 Å². The third-order valence-corrected chi connectivity index (χ3v) is 3.15. The molecule has 0 saturated carbocycles. The van der Waals surface area contributed by atoms with Gasteiger partial charge in [-0.15, -0.1) is 0 Å². The Morgan fingerprint density at radius 2 is 1.55 bits per heavy atom. The maximum Gasteiger partial charge on any atom is 0.147 e. The summed E-state index contributed by atoms with van der Waals surface area (Å²) in [7, 11) is 4.57. The Morgan fingerprint density at radius 3 is 2.09 bits per heavy atom. The van der Waals surface area contributed by atoms with E-state index in [1.54, 1.807) is 6.08 Å². The summed E-state index contributed by atoms with van der Waals surface area (Å²) in [5.74, 6) is 0. The summed E-state index contributed by atoms with van der Waals surface area (Å²) < 4.78 is 31.8. The van der Waals surface area contributed by atoms with Gasteiger partial charge in [0, 0.05) is 26.2 Å². The van der Waals surface area contributed by atoms with Gasteiger partial charge >= 0.3 is 0 Å². The minimum Gasteiger partial charge on any atom is -0.359 e. The lowest BCUT2D eigenvalue weighted by Crippen LogP contribution is -2.52. The summed E-state index contributed by atoms with van der Waals surface area (Å²) in [5.41, 5.74) is 9.61. The zero-order valence-electron chi connectivity index (χ0n) is 13.3. The van der Waals surface area contributed by atoms with Gasteiger partial charge in [0.2, 0.25) is 0 Å². The second-order valence-corrected chi connectivity index (χ2v) is 4.68. The van der Waals surface area contributed by atoms with Crippen LogP contribution in [0.1, 0.15) is 6.92 Å². The smallest absolute Gasteiger partial charge is 0.147 e. The fourth-order valence-electron chi connectivity index (χ4n) is 2.28. The van der Waals surface area contributed by atoms with Gasteiger partial charge in [-0.25, -0.2) is 0 Å². The van der Waals surface area contributed by atoms with E-state index in [2.05, 4.69) is 10.0 Å². The third-order valence-electron chi connectivity index (χ3n) is 3.15. The van der Waals surface area contributed by atoms with Gasteiger partial charge < -0.3 is 28.4 Å². The number of hydrogen-bond donors (Lipinski definition) is 0. The van der Waals surface area contributed by atoms with Crippen LogP contribution in [0.25, 0.3) is 10.4 Å². The standard InChI is InChI=1S/C13H23N3O6/c1-9-5-10(15-16-14)12(21-7-18-3)13(22-8-19-4)11(9)20-6-17-2/h5,10-13H,6-8H2,1-4H3/t10-,11-,12-,13-/m1/s1. The second-order valence-electron chi connectivity index (χ2n) is 4.68. The topological polar surface area (TPSA) is 104 Å². The summed E-state index contributed by atoms with van der Waals surface area (Å²) in [5, 5.41) is 3.76. The van der Waals surface area contributed by atoms with Crippen LogP contribution in [-0.2, 0) is 28.4 Å². The molecule has 0 spiro atoms. The molecule has 4 atom stereocenters. The second kappa shape index (κ2) is 10.5. The molecular weight excluding hydrogens is 294 g/mol. The van der Waals surface area contributed by atoms with Crippen LogP contribution in [0.2, 0.25) is 0 Å². The Balaban J connectivity index is 3.02. The first-order valence-electron chi connectivity index (χ1n) is 6.73. The highest BCUT2D eigenvalue weighted by Crippen LogP contribution is 2.29. The van der Waals surface area contributed by atoms with E-state index >= 15 is 0 Å². The van der Waals surface area contributed by atoms with Gasteiger partial charge in [0.25, 0.3) is 0 Å². The molecule has 1 rings (SSSR count). The molecule has 9 nitrogen and oxygen atoms in total. The van der Waals surface area contributed by atoms with Gasteiger partial charge in [-0.1, -0.05) is 11.2 Å². The summed E-state index contributed by atoms with van der Waals surface area (Å²) in [6.45, 7) is 2.07. The summed E-state index contributed by atoms with van der Waals surface area (Å²) >= 11 is 0. The van der Waals surface area contributed by atoms with Crippen molar-refractivity contribution in [3.8, 4) is 0 Å². The van der Waals surface area contributed by atoms with E-state index in [-0.39, 0.29) is 20.4 Å². The molecule has 9 heteroatoms. The zero-order chi connectivity index (χ0) is 16.4. The van der Waals surface area contributed by atoms with E-state index in [0.717, 1.165) is 5.57 Å². The highest BCUT2D eigenvalue weighted by atomic mass is 16.7. The van der Waals surface area contributed by atoms with Crippen LogP contribution in [0.5, 0.6) is 0 Å². The van der Waals surface area contributed by atoms with Crippen molar-refractivity contribution < 1.29 is 28.4 Å². The van der Waals surface area contributed by atoms with Crippen LogP contribution < -0.4 is 0 Å². The van der Waals surface area contributed by atoms with Crippen molar-refractivity contribution >= 4 is 0 Å². The Hall–Kier alpha value is -1.19. The first kappa shape index (κ1) is 18.9. The predicted molar refractivity (Wildman–Crippen MR) is 76.9 cm³/mol. The number of hydrogen-bond acceptors (Lipinski definition) is 7. The third kappa shape index (κ3) is 5.22. The van der Waals surface area contributed by atoms with E-state index in [9.17, 15) is 0 Å². The summed E-state index contributed by atoms with van der Waals surface area (Å²) in [6.07, 6.45) is 0.317. The fraction of sp³-hybridized carbons (Fsp3) is 0.846. The van der Waals surface area contributed by atoms with Crippen LogP contribution in [0.3, 0.4) is 0 Å². The first-order valence-corrected chi connectivity index (χ1v) is 6.73. The van der Waals surface area contributed by atoms with E-state index < -0.39 is 24.4 Å². The normalized spacial score (nSPS) is 28.1. The zero-order valence-corrected chi connectivity index (χ0v) is 13.3. The van der Waals surface area contributed by atoms with E-state index in [1.165, 1.54) is 21.3 Å². The molecule has 0 fully saturated rings. The molecule has 1 aliphatic carbocycles. The van der Waals surface area contributed by atoms with Gasteiger partial charge in [-0.2, -0.15) is 0 Å². The Kier molecular flexibility index (Phi) is 9.02. The SMILES string of the molecule is COCO[C@H]1[C@H](OCOC)[C@H](N=[N+]=[N-])C=C(C)[C@H]1OCOC. The molecule has 0 aliphatic heterocycles. The number of rotatable bonds is 10. The van der Waals surface area contributed by atoms with Gasteiger partial charge in [-0.3, -0.25) is 0 Å². The molecule has 1 aliphatic rings. The largest absolute Gasteiger partial charge is 0.359 e. The van der Waals surface area contributed by atoms with Crippen LogP contribution in [0, 0.1) is 0 Å². The van der Waals surface area contributed by atoms with Crippen LogP contribution >= 0.6 is 0 Å². The molecule has 22 heavy (non-hydrogen) atoms. The molecule has 126 valence electrons. The maximum absolute atomic E-state index is 8.74. The Morgan fingerprint density at radius 1 is 1.00 bits per heavy atom. The fourth-order valence-corrected chi connectivity index (χ4v) is 2.28. The molecule has 0 aromatic carbocycles. The quantitative estimate of drug-likeness (QED) is 0.199. The van der Waals surface area contributed by atoms with E-state index in [1.807, 2.05) is 6.92 Å². The molecule has 0 heterocycles. The average molecular weight is 317 g/mol. The van der Waals surface area contributed by atoms with Crippen molar-refractivity contribution in [2.75, 3.05) is 41.7 Å². The molecule has 0 saturated heterocycles. The Labute approximate surface area is 129 Å². The van der Waals surface area contributed by atoms with Crippen LogP contribution in [0.4, 0.5) is 0 Å². The lowest BCUT2D eigenvalue weighted by Gasteiger charge is -2.39.